The van der Waals surface area contributed by atoms with Crippen LogP contribution in [0.4, 0.5) is 4.39 Å². The Kier molecular flexibility index (Phi) is 8.70. The second kappa shape index (κ2) is 11.9. The fourth-order valence-corrected chi connectivity index (χ4v) is 3.24. The minimum Gasteiger partial charge on any atom is -0.497 e. The molecule has 0 spiro atoms. The lowest BCUT2D eigenvalue weighted by Gasteiger charge is -2.14. The number of benzene rings is 3. The van der Waals surface area contributed by atoms with Gasteiger partial charge in [0.05, 0.1) is 32.1 Å². The van der Waals surface area contributed by atoms with Crippen LogP contribution in [0.5, 0.6) is 23.0 Å². The smallest absolute Gasteiger partial charge is 0.271 e. The summed E-state index contributed by atoms with van der Waals surface area (Å²) in [4.78, 5) is 12.5. The van der Waals surface area contributed by atoms with Gasteiger partial charge in [-0.2, -0.15) is 5.10 Å². The summed E-state index contributed by atoms with van der Waals surface area (Å²) >= 11 is 6.42. The van der Waals surface area contributed by atoms with Gasteiger partial charge in [-0.15, -0.1) is 0 Å². The summed E-state index contributed by atoms with van der Waals surface area (Å²) < 4.78 is 35.0. The van der Waals surface area contributed by atoms with Crippen molar-refractivity contribution in [3.63, 3.8) is 0 Å². The van der Waals surface area contributed by atoms with Crippen LogP contribution in [-0.4, -0.2) is 32.9 Å². The predicted molar refractivity (Wildman–Crippen MR) is 128 cm³/mol. The molecule has 0 saturated heterocycles. The van der Waals surface area contributed by atoms with Crippen molar-refractivity contribution in [2.45, 2.75) is 13.5 Å². The van der Waals surface area contributed by atoms with Gasteiger partial charge in [-0.1, -0.05) is 23.7 Å². The number of amides is 1. The molecule has 0 radical (unpaired) electrons. The number of halogens is 2. The van der Waals surface area contributed by atoms with Crippen LogP contribution < -0.4 is 24.4 Å². The van der Waals surface area contributed by atoms with E-state index in [4.69, 9.17) is 30.5 Å². The minimum absolute atomic E-state index is 0.188. The minimum atomic E-state index is -0.441. The van der Waals surface area contributed by atoms with E-state index >= 15 is 0 Å². The third-order valence-electron chi connectivity index (χ3n) is 4.62. The zero-order chi connectivity index (χ0) is 24.5. The monoisotopic (exact) mass is 486 g/mol. The van der Waals surface area contributed by atoms with E-state index < -0.39 is 5.91 Å². The quantitative estimate of drug-likeness (QED) is 0.313. The Hall–Kier alpha value is -3.78. The van der Waals surface area contributed by atoms with E-state index in [1.54, 1.807) is 42.5 Å². The van der Waals surface area contributed by atoms with Crippen molar-refractivity contribution in [3.05, 3.63) is 82.1 Å². The molecule has 3 rings (SSSR count). The number of ether oxygens (including phenoxy) is 4. The highest BCUT2D eigenvalue weighted by atomic mass is 35.5. The number of carbonyl (C=O) groups excluding carboxylic acids is 1. The first-order valence-corrected chi connectivity index (χ1v) is 10.7. The zero-order valence-corrected chi connectivity index (χ0v) is 19.7. The summed E-state index contributed by atoms with van der Waals surface area (Å²) in [6.45, 7) is 2.41. The Morgan fingerprint density at radius 2 is 1.71 bits per heavy atom. The Labute approximate surface area is 202 Å². The lowest BCUT2D eigenvalue weighted by molar-refractivity contribution is 0.0954. The fourth-order valence-electron chi connectivity index (χ4n) is 2.97. The first-order valence-electron chi connectivity index (χ1n) is 10.3. The second-order valence-corrected chi connectivity index (χ2v) is 7.39. The normalized spacial score (nSPS) is 10.7. The highest BCUT2D eigenvalue weighted by Gasteiger charge is 2.13. The van der Waals surface area contributed by atoms with Crippen molar-refractivity contribution in [2.24, 2.45) is 5.10 Å². The number of hydrazone groups is 1. The highest BCUT2D eigenvalue weighted by Crippen LogP contribution is 2.37. The molecule has 0 saturated carbocycles. The maximum Gasteiger partial charge on any atom is 0.271 e. The van der Waals surface area contributed by atoms with Crippen LogP contribution >= 0.6 is 11.6 Å². The molecule has 7 nitrogen and oxygen atoms in total. The van der Waals surface area contributed by atoms with Crippen molar-refractivity contribution >= 4 is 23.7 Å². The SMILES string of the molecule is CCOc1cc(/C=N\NC(=O)c2cc(OC)cc(OC)c2)cc(Cl)c1OCc1ccc(F)cc1. The molecule has 3 aromatic rings. The number of nitrogens with zero attached hydrogens (tertiary/aromatic N) is 1. The van der Waals surface area contributed by atoms with Crippen LogP contribution in [0, 0.1) is 5.82 Å². The molecule has 34 heavy (non-hydrogen) atoms. The molecular formula is C25H24ClFN2O5. The van der Waals surface area contributed by atoms with Gasteiger partial charge < -0.3 is 18.9 Å². The molecule has 3 aromatic carbocycles. The van der Waals surface area contributed by atoms with Gasteiger partial charge >= 0.3 is 0 Å². The summed E-state index contributed by atoms with van der Waals surface area (Å²) in [6, 6.07) is 14.1. The van der Waals surface area contributed by atoms with Crippen LogP contribution in [-0.2, 0) is 6.61 Å². The molecule has 0 heterocycles. The predicted octanol–water partition coefficient (Wildman–Crippen LogP) is 5.24. The summed E-state index contributed by atoms with van der Waals surface area (Å²) in [5, 5.41) is 4.31. The Morgan fingerprint density at radius 1 is 1.03 bits per heavy atom. The Morgan fingerprint density at radius 3 is 2.32 bits per heavy atom. The van der Waals surface area contributed by atoms with Crippen LogP contribution in [0.15, 0.2) is 59.7 Å². The molecule has 0 unspecified atom stereocenters. The van der Waals surface area contributed by atoms with Crippen LogP contribution in [0.25, 0.3) is 0 Å². The number of methoxy groups -OCH3 is 2. The number of hydrogen-bond donors (Lipinski definition) is 1. The maximum atomic E-state index is 13.1. The number of rotatable bonds is 10. The summed E-state index contributed by atoms with van der Waals surface area (Å²) in [6.07, 6.45) is 1.44. The molecule has 1 amide bonds. The topological polar surface area (TPSA) is 78.4 Å². The standard InChI is InChI=1S/C25H24ClFN2O5/c1-4-33-23-10-17(9-22(26)24(23)34-15-16-5-7-19(27)8-6-16)14-28-29-25(30)18-11-20(31-2)13-21(12-18)32-3/h5-14H,4,15H2,1-3H3,(H,29,30)/b28-14-. The van der Waals surface area contributed by atoms with E-state index in [-0.39, 0.29) is 12.4 Å². The first-order chi connectivity index (χ1) is 16.4. The van der Waals surface area contributed by atoms with Crippen molar-refractivity contribution in [1.29, 1.82) is 0 Å². The van der Waals surface area contributed by atoms with Gasteiger partial charge in [0, 0.05) is 11.6 Å². The van der Waals surface area contributed by atoms with Gasteiger partial charge in [-0.3, -0.25) is 4.79 Å². The Balaban J connectivity index is 1.73. The lowest BCUT2D eigenvalue weighted by Crippen LogP contribution is -2.17. The number of carbonyl (C=O) groups is 1. The van der Waals surface area contributed by atoms with E-state index in [2.05, 4.69) is 10.5 Å². The molecule has 0 atom stereocenters. The molecule has 9 heteroatoms. The lowest BCUT2D eigenvalue weighted by atomic mass is 10.2. The van der Waals surface area contributed by atoms with Crippen LogP contribution in [0.2, 0.25) is 5.02 Å². The van der Waals surface area contributed by atoms with E-state index in [1.807, 2.05) is 6.92 Å². The van der Waals surface area contributed by atoms with Crippen molar-refractivity contribution in [3.8, 4) is 23.0 Å². The molecule has 0 bridgehead atoms. The average molecular weight is 487 g/mol. The Bertz CT molecular complexity index is 1150. The second-order valence-electron chi connectivity index (χ2n) is 6.98. The molecule has 0 aliphatic heterocycles. The van der Waals surface area contributed by atoms with Gasteiger partial charge in [-0.25, -0.2) is 9.82 Å². The molecule has 1 N–H and O–H groups in total. The first kappa shape index (κ1) is 24.9. The van der Waals surface area contributed by atoms with E-state index in [0.29, 0.717) is 45.8 Å². The van der Waals surface area contributed by atoms with Gasteiger partial charge in [0.1, 0.15) is 23.9 Å². The largest absolute Gasteiger partial charge is 0.497 e. The van der Waals surface area contributed by atoms with Crippen molar-refractivity contribution in [2.75, 3.05) is 20.8 Å². The number of nitrogens with one attached hydrogen (secondary N) is 1. The van der Waals surface area contributed by atoms with Crippen LogP contribution in [0.3, 0.4) is 0 Å². The third kappa shape index (κ3) is 6.62. The molecule has 0 aliphatic rings. The van der Waals surface area contributed by atoms with Crippen molar-refractivity contribution in [1.82, 2.24) is 5.43 Å². The molecular weight excluding hydrogens is 463 g/mol. The van der Waals surface area contributed by atoms with Crippen LogP contribution in [0.1, 0.15) is 28.4 Å². The maximum absolute atomic E-state index is 13.1. The number of hydrogen-bond acceptors (Lipinski definition) is 6. The molecule has 0 aromatic heterocycles. The average Bonchev–Trinajstić information content (AvgIpc) is 2.84. The summed E-state index contributed by atoms with van der Waals surface area (Å²) in [7, 11) is 3.00. The van der Waals surface area contributed by atoms with E-state index in [9.17, 15) is 9.18 Å². The molecule has 178 valence electrons. The third-order valence-corrected chi connectivity index (χ3v) is 4.90. The zero-order valence-electron chi connectivity index (χ0n) is 18.9. The van der Waals surface area contributed by atoms with Gasteiger partial charge in [-0.05, 0) is 54.4 Å². The van der Waals surface area contributed by atoms with E-state index in [0.717, 1.165) is 5.56 Å². The van der Waals surface area contributed by atoms with Crippen molar-refractivity contribution < 1.29 is 28.1 Å². The van der Waals surface area contributed by atoms with Gasteiger partial charge in [0.25, 0.3) is 5.91 Å². The fraction of sp³-hybridized carbons (Fsp3) is 0.200. The highest BCUT2D eigenvalue weighted by molar-refractivity contribution is 6.32. The molecule has 0 fully saturated rings. The summed E-state index contributed by atoms with van der Waals surface area (Å²) in [5.41, 5.74) is 4.15. The van der Waals surface area contributed by atoms with Gasteiger partial charge in [0.15, 0.2) is 11.5 Å². The van der Waals surface area contributed by atoms with E-state index in [1.165, 1.54) is 32.6 Å². The van der Waals surface area contributed by atoms with Gasteiger partial charge in [0.2, 0.25) is 0 Å². The summed E-state index contributed by atoms with van der Waals surface area (Å²) in [5.74, 6) is 0.984. The molecule has 0 aliphatic carbocycles.